The lowest BCUT2D eigenvalue weighted by Gasteiger charge is -2.31. The van der Waals surface area contributed by atoms with E-state index in [2.05, 4.69) is 34.2 Å². The molecule has 4 aromatic rings. The Morgan fingerprint density at radius 1 is 1.12 bits per heavy atom. The Morgan fingerprint density at radius 3 is 2.62 bits per heavy atom. The van der Waals surface area contributed by atoms with E-state index in [1.54, 1.807) is 6.92 Å². The van der Waals surface area contributed by atoms with Crippen LogP contribution in [0.4, 0.5) is 5.82 Å². The summed E-state index contributed by atoms with van der Waals surface area (Å²) < 4.78 is 7.60. The zero-order valence-corrected chi connectivity index (χ0v) is 18.3. The Morgan fingerprint density at radius 2 is 1.88 bits per heavy atom. The predicted molar refractivity (Wildman–Crippen MR) is 124 cm³/mol. The van der Waals surface area contributed by atoms with Gasteiger partial charge in [-0.1, -0.05) is 18.2 Å². The number of nitrogens with zero attached hydrogens (tertiary/aromatic N) is 5. The average molecular weight is 431 g/mol. The number of hydrogen-bond donors (Lipinski definition) is 1. The van der Waals surface area contributed by atoms with Gasteiger partial charge in [-0.3, -0.25) is 4.79 Å². The third-order valence-electron chi connectivity index (χ3n) is 6.17. The van der Waals surface area contributed by atoms with Crippen molar-refractivity contribution in [3.63, 3.8) is 0 Å². The summed E-state index contributed by atoms with van der Waals surface area (Å²) in [6.45, 7) is 5.67. The van der Waals surface area contributed by atoms with Crippen LogP contribution in [-0.4, -0.2) is 50.3 Å². The molecule has 1 amide bonds. The molecule has 32 heavy (non-hydrogen) atoms. The first-order valence-corrected chi connectivity index (χ1v) is 11.0. The first-order valence-electron chi connectivity index (χ1n) is 11.0. The summed E-state index contributed by atoms with van der Waals surface area (Å²) in [5.41, 5.74) is 8.77. The molecule has 2 N–H and O–H groups in total. The van der Waals surface area contributed by atoms with Crippen LogP contribution in [0.3, 0.4) is 0 Å². The van der Waals surface area contributed by atoms with E-state index >= 15 is 0 Å². The molecule has 3 heterocycles. The van der Waals surface area contributed by atoms with Crippen LogP contribution < -0.4 is 10.5 Å². The Bertz CT molecular complexity index is 1310. The maximum absolute atomic E-state index is 11.7. The Balaban J connectivity index is 1.57. The molecule has 0 saturated carbocycles. The molecule has 1 aliphatic heterocycles. The average Bonchev–Trinajstić information content (AvgIpc) is 3.20. The van der Waals surface area contributed by atoms with E-state index < -0.39 is 0 Å². The number of carbonyl (C=O) groups is 1. The molecule has 0 radical (unpaired) electrons. The monoisotopic (exact) mass is 430 g/mol. The Labute approximate surface area is 186 Å². The van der Waals surface area contributed by atoms with Crippen LogP contribution in [0.1, 0.15) is 32.7 Å². The molecule has 5 rings (SSSR count). The van der Waals surface area contributed by atoms with Gasteiger partial charge in [0.05, 0.1) is 18.0 Å². The summed E-state index contributed by atoms with van der Waals surface area (Å²) in [6, 6.07) is 12.5. The molecule has 8 nitrogen and oxygen atoms in total. The summed E-state index contributed by atoms with van der Waals surface area (Å²) in [5, 5.41) is 7.94. The number of rotatable bonds is 4. The van der Waals surface area contributed by atoms with Gasteiger partial charge in [0.1, 0.15) is 23.6 Å². The molecule has 1 fully saturated rings. The number of ether oxygens (including phenoxy) is 1. The normalized spacial score (nSPS) is 14.9. The number of benzene rings is 2. The number of anilines is 1. The summed E-state index contributed by atoms with van der Waals surface area (Å²) in [5.74, 6) is 1.39. The molecule has 0 aliphatic carbocycles. The van der Waals surface area contributed by atoms with Crippen LogP contribution in [0.15, 0.2) is 42.7 Å². The van der Waals surface area contributed by atoms with Crippen molar-refractivity contribution in [2.24, 2.45) is 0 Å². The first kappa shape index (κ1) is 20.2. The molecular weight excluding hydrogens is 404 g/mol. The van der Waals surface area contributed by atoms with Gasteiger partial charge in [-0.2, -0.15) is 5.10 Å². The number of hydrogen-bond acceptors (Lipinski definition) is 6. The molecule has 2 aromatic heterocycles. The van der Waals surface area contributed by atoms with Crippen LogP contribution in [0.5, 0.6) is 5.75 Å². The van der Waals surface area contributed by atoms with Gasteiger partial charge in [0.2, 0.25) is 5.91 Å². The van der Waals surface area contributed by atoms with Crippen molar-refractivity contribution in [2.75, 3.05) is 25.4 Å². The molecule has 1 saturated heterocycles. The number of nitrogens with two attached hydrogens (primary N) is 1. The van der Waals surface area contributed by atoms with E-state index in [1.807, 2.05) is 28.6 Å². The second-order valence-corrected chi connectivity index (χ2v) is 8.14. The zero-order valence-electron chi connectivity index (χ0n) is 18.3. The minimum Gasteiger partial charge on any atom is -0.494 e. The maximum atomic E-state index is 11.7. The second kappa shape index (κ2) is 8.11. The van der Waals surface area contributed by atoms with Gasteiger partial charge in [0.15, 0.2) is 5.65 Å². The Hall–Kier alpha value is -3.68. The van der Waals surface area contributed by atoms with E-state index in [-0.39, 0.29) is 11.9 Å². The molecule has 0 spiro atoms. The van der Waals surface area contributed by atoms with Gasteiger partial charge in [-0.25, -0.2) is 14.6 Å². The first-order chi connectivity index (χ1) is 15.5. The van der Waals surface area contributed by atoms with Gasteiger partial charge in [0.25, 0.3) is 0 Å². The quantitative estimate of drug-likeness (QED) is 0.529. The molecule has 8 heteroatoms. The van der Waals surface area contributed by atoms with E-state index in [1.165, 1.54) is 6.33 Å². The highest BCUT2D eigenvalue weighted by Crippen LogP contribution is 2.35. The highest BCUT2D eigenvalue weighted by molar-refractivity contribution is 6.00. The topological polar surface area (TPSA) is 99.2 Å². The zero-order chi connectivity index (χ0) is 22.2. The lowest BCUT2D eigenvalue weighted by atomic mass is 10.0. The van der Waals surface area contributed by atoms with Crippen molar-refractivity contribution in [1.29, 1.82) is 0 Å². The minimum absolute atomic E-state index is 0.115. The highest BCUT2D eigenvalue weighted by Gasteiger charge is 2.26. The fraction of sp³-hybridized carbons (Fsp3) is 0.333. The lowest BCUT2D eigenvalue weighted by molar-refractivity contribution is -0.130. The number of carbonyl (C=O) groups excluding carboxylic acids is 1. The van der Waals surface area contributed by atoms with Crippen LogP contribution in [0.25, 0.3) is 33.1 Å². The molecule has 164 valence electrons. The molecular formula is C24H26N6O2. The van der Waals surface area contributed by atoms with Crippen molar-refractivity contribution in [3.8, 4) is 17.0 Å². The fourth-order valence-corrected chi connectivity index (χ4v) is 4.50. The molecule has 0 bridgehead atoms. The van der Waals surface area contributed by atoms with Crippen LogP contribution in [-0.2, 0) is 4.79 Å². The van der Waals surface area contributed by atoms with Crippen molar-refractivity contribution >= 4 is 33.5 Å². The summed E-state index contributed by atoms with van der Waals surface area (Å²) in [7, 11) is 0. The van der Waals surface area contributed by atoms with E-state index in [0.717, 1.165) is 64.7 Å². The maximum Gasteiger partial charge on any atom is 0.219 e. The van der Waals surface area contributed by atoms with Gasteiger partial charge in [0, 0.05) is 25.6 Å². The summed E-state index contributed by atoms with van der Waals surface area (Å²) >= 11 is 0. The van der Waals surface area contributed by atoms with Crippen molar-refractivity contribution in [3.05, 3.63) is 42.7 Å². The second-order valence-electron chi connectivity index (χ2n) is 8.14. The molecule has 0 unspecified atom stereocenters. The van der Waals surface area contributed by atoms with Crippen molar-refractivity contribution < 1.29 is 9.53 Å². The summed E-state index contributed by atoms with van der Waals surface area (Å²) in [6.07, 6.45) is 3.15. The number of fused-ring (bicyclic) bond motifs is 2. The standard InChI is InChI=1S/C24H26N6O2/c1-3-32-20-7-6-16-12-18(5-4-17(16)13-20)22-21-23(25)26-14-27-24(21)30(28-22)19-8-10-29(11-9-19)15(2)31/h4-7,12-14,19H,3,8-11H2,1-2H3,(H2,25,26,27). The predicted octanol–water partition coefficient (Wildman–Crippen LogP) is 3.81. The number of amides is 1. The lowest BCUT2D eigenvalue weighted by Crippen LogP contribution is -2.37. The summed E-state index contributed by atoms with van der Waals surface area (Å²) in [4.78, 5) is 22.3. The minimum atomic E-state index is 0.115. The third-order valence-corrected chi connectivity index (χ3v) is 6.17. The number of nitrogen functional groups attached to an aromatic ring is 1. The highest BCUT2D eigenvalue weighted by atomic mass is 16.5. The number of piperidine rings is 1. The number of aromatic nitrogens is 4. The van der Waals surface area contributed by atoms with E-state index in [4.69, 9.17) is 15.6 Å². The van der Waals surface area contributed by atoms with Gasteiger partial charge in [-0.05, 0) is 48.7 Å². The van der Waals surface area contributed by atoms with Gasteiger partial charge in [-0.15, -0.1) is 0 Å². The smallest absolute Gasteiger partial charge is 0.219 e. The number of likely N-dealkylation sites (tertiary alicyclic amines) is 1. The molecule has 2 aromatic carbocycles. The molecule has 1 aliphatic rings. The largest absolute Gasteiger partial charge is 0.494 e. The van der Waals surface area contributed by atoms with Gasteiger partial charge >= 0.3 is 0 Å². The Kier molecular flexibility index (Phi) is 5.13. The molecule has 0 atom stereocenters. The van der Waals surface area contributed by atoms with Crippen molar-refractivity contribution in [1.82, 2.24) is 24.6 Å². The van der Waals surface area contributed by atoms with E-state index in [9.17, 15) is 4.79 Å². The van der Waals surface area contributed by atoms with Crippen molar-refractivity contribution in [2.45, 2.75) is 32.7 Å². The van der Waals surface area contributed by atoms with E-state index in [0.29, 0.717) is 12.4 Å². The van der Waals surface area contributed by atoms with Crippen LogP contribution in [0.2, 0.25) is 0 Å². The van der Waals surface area contributed by atoms with Crippen LogP contribution >= 0.6 is 0 Å². The SMILES string of the molecule is CCOc1ccc2cc(-c3nn(C4CCN(C(C)=O)CC4)c4ncnc(N)c34)ccc2c1. The van der Waals surface area contributed by atoms with Gasteiger partial charge < -0.3 is 15.4 Å². The third kappa shape index (κ3) is 3.51. The van der Waals surface area contributed by atoms with Crippen LogP contribution in [0, 0.1) is 0 Å². The fourth-order valence-electron chi connectivity index (χ4n) is 4.50.